The molecule has 4 heteroatoms. The van der Waals surface area contributed by atoms with Crippen LogP contribution in [0.2, 0.25) is 0 Å². The number of halogens is 1. The smallest absolute Gasteiger partial charge is 0.224 e. The highest BCUT2D eigenvalue weighted by Gasteiger charge is 2.06. The molecule has 0 saturated carbocycles. The predicted molar refractivity (Wildman–Crippen MR) is 86.7 cm³/mol. The molecule has 3 nitrogen and oxygen atoms in total. The van der Waals surface area contributed by atoms with Crippen LogP contribution >= 0.6 is 15.9 Å². The van der Waals surface area contributed by atoms with E-state index in [1.807, 2.05) is 49.4 Å². The van der Waals surface area contributed by atoms with Gasteiger partial charge in [-0.05, 0) is 64.7 Å². The first-order valence-electron chi connectivity index (χ1n) is 6.45. The molecule has 0 bridgehead atoms. The van der Waals surface area contributed by atoms with Crippen LogP contribution in [-0.4, -0.2) is 5.91 Å². The van der Waals surface area contributed by atoms with Crippen LogP contribution in [-0.2, 0) is 11.2 Å². The first-order valence-corrected chi connectivity index (χ1v) is 7.24. The normalized spacial score (nSPS) is 10.3. The standard InChI is InChI=1S/C16H17BrN2O/c1-11-5-7-15(14(17)9-11)19-16(20)8-6-12-3-2-4-13(18)10-12/h2-5,7,9-10H,6,8,18H2,1H3,(H,19,20). The molecule has 104 valence electrons. The molecule has 3 N–H and O–H groups in total. The molecule has 0 heterocycles. The lowest BCUT2D eigenvalue weighted by Crippen LogP contribution is -2.12. The van der Waals surface area contributed by atoms with Crippen LogP contribution in [0.4, 0.5) is 11.4 Å². The van der Waals surface area contributed by atoms with Crippen molar-refractivity contribution in [2.75, 3.05) is 11.1 Å². The van der Waals surface area contributed by atoms with E-state index in [9.17, 15) is 4.79 Å². The van der Waals surface area contributed by atoms with Gasteiger partial charge in [-0.15, -0.1) is 0 Å². The molecule has 2 aromatic carbocycles. The first kappa shape index (κ1) is 14.6. The van der Waals surface area contributed by atoms with E-state index in [1.165, 1.54) is 0 Å². The van der Waals surface area contributed by atoms with Crippen molar-refractivity contribution in [2.24, 2.45) is 0 Å². The Morgan fingerprint density at radius 2 is 2.05 bits per heavy atom. The minimum atomic E-state index is -0.00280. The van der Waals surface area contributed by atoms with Crippen molar-refractivity contribution in [3.05, 3.63) is 58.1 Å². The average molecular weight is 333 g/mol. The summed E-state index contributed by atoms with van der Waals surface area (Å²) in [6.07, 6.45) is 1.12. The summed E-state index contributed by atoms with van der Waals surface area (Å²) < 4.78 is 0.898. The van der Waals surface area contributed by atoms with Crippen molar-refractivity contribution in [1.82, 2.24) is 0 Å². The van der Waals surface area contributed by atoms with Crippen LogP contribution in [0.5, 0.6) is 0 Å². The Morgan fingerprint density at radius 1 is 1.25 bits per heavy atom. The number of amides is 1. The fourth-order valence-corrected chi connectivity index (χ4v) is 2.53. The van der Waals surface area contributed by atoms with Crippen molar-refractivity contribution < 1.29 is 4.79 Å². The van der Waals surface area contributed by atoms with Crippen LogP contribution < -0.4 is 11.1 Å². The number of benzene rings is 2. The van der Waals surface area contributed by atoms with Crippen LogP contribution in [0.3, 0.4) is 0 Å². The molecule has 0 fully saturated rings. The maximum absolute atomic E-state index is 11.9. The Balaban J connectivity index is 1.92. The Hall–Kier alpha value is -1.81. The van der Waals surface area contributed by atoms with Gasteiger partial charge < -0.3 is 11.1 Å². The van der Waals surface area contributed by atoms with Gasteiger partial charge in [-0.25, -0.2) is 0 Å². The monoisotopic (exact) mass is 332 g/mol. The molecule has 0 atom stereocenters. The highest BCUT2D eigenvalue weighted by atomic mass is 79.9. The number of nitrogens with two attached hydrogens (primary N) is 1. The second-order valence-corrected chi connectivity index (χ2v) is 5.63. The SMILES string of the molecule is Cc1ccc(NC(=O)CCc2cccc(N)c2)c(Br)c1. The highest BCUT2D eigenvalue weighted by Crippen LogP contribution is 2.23. The summed E-state index contributed by atoms with van der Waals surface area (Å²) in [6.45, 7) is 2.01. The predicted octanol–water partition coefficient (Wildman–Crippen LogP) is 3.91. The molecule has 0 aliphatic rings. The zero-order chi connectivity index (χ0) is 14.5. The quantitative estimate of drug-likeness (QED) is 0.834. The third-order valence-electron chi connectivity index (χ3n) is 2.99. The van der Waals surface area contributed by atoms with Crippen molar-refractivity contribution in [3.63, 3.8) is 0 Å². The molecule has 0 aliphatic heterocycles. The van der Waals surface area contributed by atoms with Crippen molar-refractivity contribution in [3.8, 4) is 0 Å². The summed E-state index contributed by atoms with van der Waals surface area (Å²) in [4.78, 5) is 11.9. The molecule has 0 unspecified atom stereocenters. The van der Waals surface area contributed by atoms with Crippen LogP contribution in [0, 0.1) is 6.92 Å². The van der Waals surface area contributed by atoms with Gasteiger partial charge in [-0.1, -0.05) is 18.2 Å². The number of nitrogens with one attached hydrogen (secondary N) is 1. The van der Waals surface area contributed by atoms with E-state index >= 15 is 0 Å². The van der Waals surface area contributed by atoms with E-state index in [2.05, 4.69) is 21.2 Å². The number of hydrogen-bond donors (Lipinski definition) is 2. The number of anilines is 2. The molecule has 0 aromatic heterocycles. The van der Waals surface area contributed by atoms with Crippen molar-refractivity contribution in [2.45, 2.75) is 19.8 Å². The van der Waals surface area contributed by atoms with Crippen molar-refractivity contribution >= 4 is 33.2 Å². The zero-order valence-electron chi connectivity index (χ0n) is 11.3. The van der Waals surface area contributed by atoms with Gasteiger partial charge in [0, 0.05) is 16.6 Å². The summed E-state index contributed by atoms with van der Waals surface area (Å²) in [5.41, 5.74) is 9.46. The van der Waals surface area contributed by atoms with E-state index in [0.29, 0.717) is 12.8 Å². The number of carbonyl (C=O) groups excluding carboxylic acids is 1. The number of aryl methyl sites for hydroxylation is 2. The molecule has 0 saturated heterocycles. The maximum atomic E-state index is 11.9. The molecule has 0 radical (unpaired) electrons. The number of nitrogen functional groups attached to an aromatic ring is 1. The summed E-state index contributed by atoms with van der Waals surface area (Å²) in [5, 5.41) is 2.91. The van der Waals surface area contributed by atoms with Gasteiger partial charge in [0.15, 0.2) is 0 Å². The number of carbonyl (C=O) groups is 1. The zero-order valence-corrected chi connectivity index (χ0v) is 12.9. The largest absolute Gasteiger partial charge is 0.399 e. The lowest BCUT2D eigenvalue weighted by Gasteiger charge is -2.08. The fraction of sp³-hybridized carbons (Fsp3) is 0.188. The van der Waals surface area contributed by atoms with Gasteiger partial charge in [0.2, 0.25) is 5.91 Å². The van der Waals surface area contributed by atoms with Gasteiger partial charge in [0.1, 0.15) is 0 Å². The lowest BCUT2D eigenvalue weighted by molar-refractivity contribution is -0.116. The van der Waals surface area contributed by atoms with E-state index in [4.69, 9.17) is 5.73 Å². The summed E-state index contributed by atoms with van der Waals surface area (Å²) >= 11 is 3.45. The highest BCUT2D eigenvalue weighted by molar-refractivity contribution is 9.10. The Kier molecular flexibility index (Phi) is 4.79. The second-order valence-electron chi connectivity index (χ2n) is 4.78. The molecule has 0 spiro atoms. The van der Waals surface area contributed by atoms with E-state index in [-0.39, 0.29) is 5.91 Å². The van der Waals surface area contributed by atoms with E-state index < -0.39 is 0 Å². The lowest BCUT2D eigenvalue weighted by atomic mass is 10.1. The minimum Gasteiger partial charge on any atom is -0.399 e. The van der Waals surface area contributed by atoms with Crippen LogP contribution in [0.15, 0.2) is 46.9 Å². The van der Waals surface area contributed by atoms with Crippen LogP contribution in [0.1, 0.15) is 17.5 Å². The van der Waals surface area contributed by atoms with Gasteiger partial charge in [-0.2, -0.15) is 0 Å². The maximum Gasteiger partial charge on any atom is 0.224 e. The van der Waals surface area contributed by atoms with Gasteiger partial charge in [-0.3, -0.25) is 4.79 Å². The van der Waals surface area contributed by atoms with Gasteiger partial charge >= 0.3 is 0 Å². The molecular formula is C16H17BrN2O. The number of rotatable bonds is 4. The number of hydrogen-bond acceptors (Lipinski definition) is 2. The summed E-state index contributed by atoms with van der Waals surface area (Å²) in [7, 11) is 0. The third-order valence-corrected chi connectivity index (χ3v) is 3.65. The minimum absolute atomic E-state index is 0.00280. The Labute approximate surface area is 127 Å². The first-order chi connectivity index (χ1) is 9.54. The topological polar surface area (TPSA) is 55.1 Å². The van der Waals surface area contributed by atoms with Crippen LogP contribution in [0.25, 0.3) is 0 Å². The average Bonchev–Trinajstić information content (AvgIpc) is 2.40. The summed E-state index contributed by atoms with van der Waals surface area (Å²) in [5.74, 6) is -0.00280. The molecular weight excluding hydrogens is 316 g/mol. The molecule has 2 rings (SSSR count). The van der Waals surface area contributed by atoms with E-state index in [1.54, 1.807) is 0 Å². The van der Waals surface area contributed by atoms with Gasteiger partial charge in [0.05, 0.1) is 5.69 Å². The van der Waals surface area contributed by atoms with Crippen molar-refractivity contribution in [1.29, 1.82) is 0 Å². The summed E-state index contributed by atoms with van der Waals surface area (Å²) in [6, 6.07) is 13.5. The Morgan fingerprint density at radius 3 is 2.75 bits per heavy atom. The molecule has 1 amide bonds. The molecule has 0 aliphatic carbocycles. The fourth-order valence-electron chi connectivity index (χ4n) is 1.94. The second kappa shape index (κ2) is 6.57. The van der Waals surface area contributed by atoms with E-state index in [0.717, 1.165) is 27.0 Å². The molecule has 2 aromatic rings. The molecule has 20 heavy (non-hydrogen) atoms. The third kappa shape index (κ3) is 4.10. The van der Waals surface area contributed by atoms with Gasteiger partial charge in [0.25, 0.3) is 0 Å². The Bertz CT molecular complexity index is 626.